The largest absolute Gasteiger partial charge is 0.337 e. The molecule has 1 N–H and O–H groups in total. The Morgan fingerprint density at radius 3 is 2.54 bits per heavy atom. The van der Waals surface area contributed by atoms with Crippen LogP contribution in [0.1, 0.15) is 32.3 Å². The molecule has 0 bridgehead atoms. The quantitative estimate of drug-likeness (QED) is 0.809. The first-order valence-corrected chi connectivity index (χ1v) is 8.41. The van der Waals surface area contributed by atoms with Crippen molar-refractivity contribution in [3.8, 4) is 0 Å². The van der Waals surface area contributed by atoms with E-state index in [2.05, 4.69) is 5.32 Å². The summed E-state index contributed by atoms with van der Waals surface area (Å²) < 4.78 is 0. The number of amides is 4. The zero-order chi connectivity index (χ0) is 17.3. The summed E-state index contributed by atoms with van der Waals surface area (Å²) in [6.45, 7) is 4.45. The molecule has 3 rings (SSSR count). The Morgan fingerprint density at radius 1 is 1.29 bits per heavy atom. The zero-order valence-corrected chi connectivity index (χ0v) is 14.1. The predicted molar refractivity (Wildman–Crippen MR) is 88.9 cm³/mol. The molecule has 1 aromatic carbocycles. The minimum absolute atomic E-state index is 0.195. The van der Waals surface area contributed by atoms with Gasteiger partial charge in [0.1, 0.15) is 12.1 Å². The smallest absolute Gasteiger partial charge is 0.325 e. The Hall–Kier alpha value is -2.37. The summed E-state index contributed by atoms with van der Waals surface area (Å²) in [5.74, 6) is -0.301. The molecule has 6 heteroatoms. The Balaban J connectivity index is 1.67. The molecule has 1 saturated carbocycles. The van der Waals surface area contributed by atoms with Crippen molar-refractivity contribution in [3.63, 3.8) is 0 Å². The number of carbonyl (C=O) groups excluding carboxylic acids is 3. The van der Waals surface area contributed by atoms with Crippen LogP contribution in [0.15, 0.2) is 30.3 Å². The van der Waals surface area contributed by atoms with Crippen molar-refractivity contribution >= 4 is 17.8 Å². The molecule has 0 aromatic heterocycles. The van der Waals surface area contributed by atoms with Gasteiger partial charge in [0.2, 0.25) is 5.91 Å². The molecule has 1 aliphatic carbocycles. The summed E-state index contributed by atoms with van der Waals surface area (Å²) in [5.41, 5.74) is 0.182. The second-order valence-corrected chi connectivity index (χ2v) is 6.69. The highest BCUT2D eigenvalue weighted by Crippen LogP contribution is 2.42. The van der Waals surface area contributed by atoms with Crippen LogP contribution in [-0.2, 0) is 16.1 Å². The fraction of sp³-hybridized carbons (Fsp3) is 0.500. The van der Waals surface area contributed by atoms with E-state index in [1.807, 2.05) is 37.3 Å². The van der Waals surface area contributed by atoms with Gasteiger partial charge < -0.3 is 10.2 Å². The lowest BCUT2D eigenvalue weighted by atomic mass is 9.96. The van der Waals surface area contributed by atoms with E-state index in [4.69, 9.17) is 0 Å². The van der Waals surface area contributed by atoms with Crippen molar-refractivity contribution in [1.82, 2.24) is 15.1 Å². The van der Waals surface area contributed by atoms with Gasteiger partial charge in [0.05, 0.1) is 0 Å². The molecule has 1 heterocycles. The average molecular weight is 329 g/mol. The molecule has 6 nitrogen and oxygen atoms in total. The molecule has 1 unspecified atom stereocenters. The third-order valence-corrected chi connectivity index (χ3v) is 4.94. The van der Waals surface area contributed by atoms with Crippen LogP contribution < -0.4 is 5.32 Å². The standard InChI is InChI=1S/C18H23N3O3/c1-3-20(11-13-7-5-4-6-8-13)15(22)12-21-16(23)18(2,14-9-10-14)19-17(21)24/h4-8,14H,3,9-12H2,1-2H3,(H,19,24). The Morgan fingerprint density at radius 2 is 1.96 bits per heavy atom. The predicted octanol–water partition coefficient (Wildman–Crippen LogP) is 1.76. The Kier molecular flexibility index (Phi) is 4.30. The minimum Gasteiger partial charge on any atom is -0.337 e. The molecule has 1 atom stereocenters. The third kappa shape index (κ3) is 3.00. The fourth-order valence-electron chi connectivity index (χ4n) is 3.21. The number of urea groups is 1. The van der Waals surface area contributed by atoms with Crippen LogP contribution in [0.4, 0.5) is 4.79 Å². The van der Waals surface area contributed by atoms with E-state index in [1.54, 1.807) is 11.8 Å². The molecule has 24 heavy (non-hydrogen) atoms. The van der Waals surface area contributed by atoms with Crippen molar-refractivity contribution in [2.45, 2.75) is 38.8 Å². The van der Waals surface area contributed by atoms with Gasteiger partial charge in [0, 0.05) is 13.1 Å². The maximum Gasteiger partial charge on any atom is 0.325 e. The lowest BCUT2D eigenvalue weighted by molar-refractivity contribution is -0.139. The molecule has 1 aliphatic heterocycles. The second kappa shape index (κ2) is 6.26. The van der Waals surface area contributed by atoms with E-state index in [-0.39, 0.29) is 24.3 Å². The van der Waals surface area contributed by atoms with Crippen LogP contribution in [0.2, 0.25) is 0 Å². The van der Waals surface area contributed by atoms with Gasteiger partial charge in [-0.3, -0.25) is 14.5 Å². The van der Waals surface area contributed by atoms with Gasteiger partial charge in [-0.2, -0.15) is 0 Å². The number of imide groups is 1. The highest BCUT2D eigenvalue weighted by Gasteiger charge is 2.56. The van der Waals surface area contributed by atoms with E-state index in [1.165, 1.54) is 0 Å². The molecule has 2 fully saturated rings. The molecule has 2 aliphatic rings. The zero-order valence-electron chi connectivity index (χ0n) is 14.1. The first kappa shape index (κ1) is 16.5. The maximum atomic E-state index is 12.6. The van der Waals surface area contributed by atoms with Crippen LogP contribution in [0.3, 0.4) is 0 Å². The molecule has 1 aromatic rings. The second-order valence-electron chi connectivity index (χ2n) is 6.69. The average Bonchev–Trinajstić information content (AvgIpc) is 3.39. The van der Waals surface area contributed by atoms with Crippen LogP contribution in [-0.4, -0.2) is 46.3 Å². The van der Waals surface area contributed by atoms with Crippen LogP contribution in [0.25, 0.3) is 0 Å². The number of nitrogens with zero attached hydrogens (tertiary/aromatic N) is 2. The van der Waals surface area contributed by atoms with Crippen LogP contribution in [0, 0.1) is 5.92 Å². The number of hydrogen-bond donors (Lipinski definition) is 1. The summed E-state index contributed by atoms with van der Waals surface area (Å²) in [6, 6.07) is 9.21. The van der Waals surface area contributed by atoms with Crippen molar-refractivity contribution < 1.29 is 14.4 Å². The lowest BCUT2D eigenvalue weighted by Crippen LogP contribution is -2.47. The van der Waals surface area contributed by atoms with Crippen molar-refractivity contribution in [1.29, 1.82) is 0 Å². The van der Waals surface area contributed by atoms with Crippen molar-refractivity contribution in [3.05, 3.63) is 35.9 Å². The van der Waals surface area contributed by atoms with E-state index < -0.39 is 11.6 Å². The van der Waals surface area contributed by atoms with Gasteiger partial charge >= 0.3 is 6.03 Å². The third-order valence-electron chi connectivity index (χ3n) is 4.94. The normalized spacial score (nSPS) is 23.3. The SMILES string of the molecule is CCN(Cc1ccccc1)C(=O)CN1C(=O)NC(C)(C2CC2)C1=O. The van der Waals surface area contributed by atoms with Gasteiger partial charge in [0.15, 0.2) is 0 Å². The number of likely N-dealkylation sites (N-methyl/N-ethyl adjacent to an activating group) is 1. The lowest BCUT2D eigenvalue weighted by Gasteiger charge is -2.24. The van der Waals surface area contributed by atoms with Gasteiger partial charge in [-0.1, -0.05) is 30.3 Å². The van der Waals surface area contributed by atoms with Gasteiger partial charge in [0.25, 0.3) is 5.91 Å². The van der Waals surface area contributed by atoms with Crippen LogP contribution >= 0.6 is 0 Å². The first-order chi connectivity index (χ1) is 11.5. The Labute approximate surface area is 141 Å². The number of nitrogens with one attached hydrogen (secondary N) is 1. The maximum absolute atomic E-state index is 12.6. The fourth-order valence-corrected chi connectivity index (χ4v) is 3.21. The van der Waals surface area contributed by atoms with Crippen LogP contribution in [0.5, 0.6) is 0 Å². The van der Waals surface area contributed by atoms with Gasteiger partial charge in [-0.25, -0.2) is 4.79 Å². The molecular weight excluding hydrogens is 306 g/mol. The topological polar surface area (TPSA) is 69.7 Å². The summed E-state index contributed by atoms with van der Waals surface area (Å²) in [7, 11) is 0. The number of hydrogen-bond acceptors (Lipinski definition) is 3. The van der Waals surface area contributed by atoms with Crippen molar-refractivity contribution in [2.24, 2.45) is 5.92 Å². The summed E-state index contributed by atoms with van der Waals surface area (Å²) in [6.07, 6.45) is 1.89. The number of carbonyl (C=O) groups is 3. The van der Waals surface area contributed by atoms with E-state index in [0.29, 0.717) is 13.1 Å². The number of rotatable bonds is 6. The summed E-state index contributed by atoms with van der Waals surface area (Å²) in [4.78, 5) is 40.0. The molecule has 1 saturated heterocycles. The van der Waals surface area contributed by atoms with E-state index in [0.717, 1.165) is 23.3 Å². The summed E-state index contributed by atoms with van der Waals surface area (Å²) in [5, 5.41) is 2.77. The Bertz CT molecular complexity index is 657. The number of benzene rings is 1. The molecule has 0 radical (unpaired) electrons. The van der Waals surface area contributed by atoms with E-state index in [9.17, 15) is 14.4 Å². The summed E-state index contributed by atoms with van der Waals surface area (Å²) >= 11 is 0. The molecule has 0 spiro atoms. The minimum atomic E-state index is -0.839. The molecule has 128 valence electrons. The van der Waals surface area contributed by atoms with E-state index >= 15 is 0 Å². The monoisotopic (exact) mass is 329 g/mol. The first-order valence-electron chi connectivity index (χ1n) is 8.41. The van der Waals surface area contributed by atoms with Gasteiger partial charge in [-0.15, -0.1) is 0 Å². The highest BCUT2D eigenvalue weighted by molar-refractivity contribution is 6.09. The van der Waals surface area contributed by atoms with Crippen molar-refractivity contribution in [2.75, 3.05) is 13.1 Å². The highest BCUT2D eigenvalue weighted by atomic mass is 16.2. The molecular formula is C18H23N3O3. The molecule has 4 amide bonds. The van der Waals surface area contributed by atoms with Gasteiger partial charge in [-0.05, 0) is 38.2 Å².